The summed E-state index contributed by atoms with van der Waals surface area (Å²) < 4.78 is 0.944. The molecule has 0 aromatic heterocycles. The molecule has 0 unspecified atom stereocenters. The lowest BCUT2D eigenvalue weighted by molar-refractivity contribution is -0.141. The molecule has 1 aliphatic heterocycles. The van der Waals surface area contributed by atoms with Crippen LogP contribution in [0.3, 0.4) is 0 Å². The van der Waals surface area contributed by atoms with Crippen LogP contribution in [0.15, 0.2) is 64.2 Å². The Kier molecular flexibility index (Phi) is 5.28. The second kappa shape index (κ2) is 7.61. The highest BCUT2D eigenvalue weighted by atomic mass is 79.9. The zero-order chi connectivity index (χ0) is 17.8. The lowest BCUT2D eigenvalue weighted by Crippen LogP contribution is -2.27. The van der Waals surface area contributed by atoms with Crippen LogP contribution in [0.25, 0.3) is 0 Å². The summed E-state index contributed by atoms with van der Waals surface area (Å²) in [5.74, 6) is -1.26. The molecule has 6 heteroatoms. The Morgan fingerprint density at radius 3 is 2.56 bits per heavy atom. The molecule has 0 fully saturated rings. The maximum absolute atomic E-state index is 12.5. The molecule has 0 spiro atoms. The third kappa shape index (κ3) is 4.14. The zero-order valence-electron chi connectivity index (χ0n) is 13.4. The van der Waals surface area contributed by atoms with Crippen LogP contribution in [-0.2, 0) is 9.59 Å². The minimum atomic E-state index is -0.986. The molecule has 25 heavy (non-hydrogen) atoms. The van der Waals surface area contributed by atoms with E-state index in [1.807, 2.05) is 54.6 Å². The lowest BCUT2D eigenvalue weighted by atomic mass is 9.98. The van der Waals surface area contributed by atoms with Gasteiger partial charge >= 0.3 is 5.97 Å². The maximum Gasteiger partial charge on any atom is 0.303 e. The van der Waals surface area contributed by atoms with Crippen molar-refractivity contribution < 1.29 is 14.7 Å². The number of nitrogens with zero attached hydrogens (tertiary/aromatic N) is 2. The van der Waals surface area contributed by atoms with Crippen LogP contribution >= 0.6 is 15.9 Å². The second-order valence-electron chi connectivity index (χ2n) is 5.82. The van der Waals surface area contributed by atoms with Crippen LogP contribution < -0.4 is 0 Å². The van der Waals surface area contributed by atoms with Crippen molar-refractivity contribution in [3.05, 3.63) is 70.2 Å². The molecule has 1 N–H and O–H groups in total. The van der Waals surface area contributed by atoms with E-state index in [2.05, 4.69) is 21.0 Å². The topological polar surface area (TPSA) is 70.0 Å². The molecule has 0 bridgehead atoms. The van der Waals surface area contributed by atoms with Gasteiger partial charge in [-0.15, -0.1) is 0 Å². The van der Waals surface area contributed by atoms with E-state index < -0.39 is 5.97 Å². The number of carbonyl (C=O) groups is 2. The number of carboxylic acid groups (broad SMARTS) is 1. The minimum absolute atomic E-state index is 0.0616. The quantitative estimate of drug-likeness (QED) is 0.824. The first kappa shape index (κ1) is 17.4. The van der Waals surface area contributed by atoms with Gasteiger partial charge in [0.05, 0.1) is 18.2 Å². The summed E-state index contributed by atoms with van der Waals surface area (Å²) in [6.45, 7) is 0. The molecular weight excluding hydrogens is 384 g/mol. The first-order valence-corrected chi connectivity index (χ1v) is 8.76. The van der Waals surface area contributed by atoms with Gasteiger partial charge in [0.1, 0.15) is 0 Å². The number of benzene rings is 2. The lowest BCUT2D eigenvalue weighted by Gasteiger charge is -2.21. The van der Waals surface area contributed by atoms with Gasteiger partial charge in [-0.1, -0.05) is 58.4 Å². The van der Waals surface area contributed by atoms with Gasteiger partial charge < -0.3 is 5.11 Å². The summed E-state index contributed by atoms with van der Waals surface area (Å²) in [4.78, 5) is 23.3. The molecule has 5 nitrogen and oxygen atoms in total. The van der Waals surface area contributed by atoms with E-state index in [1.54, 1.807) is 0 Å². The van der Waals surface area contributed by atoms with Crippen molar-refractivity contribution in [2.45, 2.75) is 25.3 Å². The number of aliphatic carboxylic acids is 1. The molecule has 0 saturated heterocycles. The number of halogens is 1. The number of carboxylic acids is 1. The first-order valence-electron chi connectivity index (χ1n) is 7.97. The fourth-order valence-corrected chi connectivity index (χ4v) is 3.25. The fourth-order valence-electron chi connectivity index (χ4n) is 2.85. The van der Waals surface area contributed by atoms with E-state index in [0.29, 0.717) is 6.42 Å². The smallest absolute Gasteiger partial charge is 0.303 e. The number of hydrazone groups is 1. The Bertz CT molecular complexity index is 820. The normalized spacial score (nSPS) is 16.6. The van der Waals surface area contributed by atoms with Crippen molar-refractivity contribution in [1.29, 1.82) is 0 Å². The Balaban J connectivity index is 1.90. The number of amides is 1. The number of hydrogen-bond donors (Lipinski definition) is 1. The Hall–Kier alpha value is -2.47. The molecule has 2 aromatic rings. The van der Waals surface area contributed by atoms with E-state index in [9.17, 15) is 9.59 Å². The average Bonchev–Trinajstić information content (AvgIpc) is 3.06. The fraction of sp³-hybridized carbons (Fsp3) is 0.211. The van der Waals surface area contributed by atoms with Gasteiger partial charge in [-0.3, -0.25) is 9.59 Å². The molecule has 1 heterocycles. The van der Waals surface area contributed by atoms with Gasteiger partial charge in [-0.2, -0.15) is 5.10 Å². The van der Waals surface area contributed by atoms with E-state index in [1.165, 1.54) is 5.01 Å². The van der Waals surface area contributed by atoms with Crippen LogP contribution in [-0.4, -0.2) is 27.7 Å². The highest BCUT2D eigenvalue weighted by Crippen LogP contribution is 2.33. The summed E-state index contributed by atoms with van der Waals surface area (Å²) in [6, 6.07) is 17.3. The van der Waals surface area contributed by atoms with Gasteiger partial charge in [0.25, 0.3) is 0 Å². The van der Waals surface area contributed by atoms with Crippen molar-refractivity contribution in [2.24, 2.45) is 5.10 Å². The van der Waals surface area contributed by atoms with Crippen molar-refractivity contribution in [3.63, 3.8) is 0 Å². The van der Waals surface area contributed by atoms with Gasteiger partial charge in [0.15, 0.2) is 0 Å². The maximum atomic E-state index is 12.5. The second-order valence-corrected chi connectivity index (χ2v) is 6.74. The summed E-state index contributed by atoms with van der Waals surface area (Å²) in [5.41, 5.74) is 2.75. The number of carbonyl (C=O) groups excluding carboxylic acids is 1. The van der Waals surface area contributed by atoms with E-state index in [4.69, 9.17) is 5.11 Å². The molecule has 128 valence electrons. The number of hydrogen-bond acceptors (Lipinski definition) is 3. The van der Waals surface area contributed by atoms with Crippen LogP contribution in [0.5, 0.6) is 0 Å². The molecule has 1 atom stereocenters. The highest BCUT2D eigenvalue weighted by molar-refractivity contribution is 9.10. The third-order valence-corrected chi connectivity index (χ3v) is 4.55. The third-order valence-electron chi connectivity index (χ3n) is 4.06. The summed E-state index contributed by atoms with van der Waals surface area (Å²) in [6.07, 6.45) is 0.339. The molecule has 1 amide bonds. The van der Waals surface area contributed by atoms with Crippen molar-refractivity contribution >= 4 is 33.5 Å². The molecule has 3 rings (SSSR count). The van der Waals surface area contributed by atoms with Gasteiger partial charge in [0, 0.05) is 17.3 Å². The van der Waals surface area contributed by atoms with Crippen molar-refractivity contribution in [1.82, 2.24) is 5.01 Å². The monoisotopic (exact) mass is 400 g/mol. The first-order chi connectivity index (χ1) is 12.0. The highest BCUT2D eigenvalue weighted by Gasteiger charge is 2.32. The number of rotatable bonds is 5. The van der Waals surface area contributed by atoms with Crippen LogP contribution in [0.1, 0.15) is 36.4 Å². The Morgan fingerprint density at radius 2 is 1.88 bits per heavy atom. The molecule has 0 saturated carbocycles. The molecular formula is C19H17BrN2O3. The van der Waals surface area contributed by atoms with E-state index >= 15 is 0 Å². The molecule has 2 aromatic carbocycles. The van der Waals surface area contributed by atoms with Gasteiger partial charge in [0.2, 0.25) is 5.91 Å². The summed E-state index contributed by atoms with van der Waals surface area (Å²) in [7, 11) is 0. The van der Waals surface area contributed by atoms with Crippen LogP contribution in [0, 0.1) is 0 Å². The average molecular weight is 401 g/mol. The van der Waals surface area contributed by atoms with E-state index in [-0.39, 0.29) is 24.8 Å². The Labute approximate surface area is 154 Å². The standard InChI is InChI=1S/C19H17BrN2O3/c20-15-8-4-7-14(11-15)16-12-17(13-5-2-1-3-6-13)22(21-16)18(23)9-10-19(24)25/h1-8,11,17H,9-10,12H2,(H,24,25)/t17-/m0/s1. The van der Waals surface area contributed by atoms with E-state index in [0.717, 1.165) is 21.3 Å². The van der Waals surface area contributed by atoms with Crippen LogP contribution in [0.4, 0.5) is 0 Å². The zero-order valence-corrected chi connectivity index (χ0v) is 15.0. The van der Waals surface area contributed by atoms with Crippen molar-refractivity contribution in [2.75, 3.05) is 0 Å². The molecule has 0 radical (unpaired) electrons. The molecule has 0 aliphatic carbocycles. The largest absolute Gasteiger partial charge is 0.481 e. The predicted molar refractivity (Wildman–Crippen MR) is 98.2 cm³/mol. The minimum Gasteiger partial charge on any atom is -0.481 e. The summed E-state index contributed by atoms with van der Waals surface area (Å²) in [5, 5.41) is 14.8. The molecule has 1 aliphatic rings. The summed E-state index contributed by atoms with van der Waals surface area (Å²) >= 11 is 3.45. The van der Waals surface area contributed by atoms with Crippen molar-refractivity contribution in [3.8, 4) is 0 Å². The van der Waals surface area contributed by atoms with Gasteiger partial charge in [-0.05, 0) is 23.3 Å². The van der Waals surface area contributed by atoms with Crippen LogP contribution in [0.2, 0.25) is 0 Å². The SMILES string of the molecule is O=C(O)CCC(=O)N1N=C(c2cccc(Br)c2)C[C@H]1c1ccccc1. The van der Waals surface area contributed by atoms with Gasteiger partial charge in [-0.25, -0.2) is 5.01 Å². The predicted octanol–water partition coefficient (Wildman–Crippen LogP) is 3.99. The Morgan fingerprint density at radius 1 is 1.12 bits per heavy atom.